The number of H-pyrrole nitrogens is 1. The van der Waals surface area contributed by atoms with Crippen LogP contribution in [0.3, 0.4) is 0 Å². The van der Waals surface area contributed by atoms with Gasteiger partial charge in [-0.2, -0.15) is 5.10 Å². The molecule has 0 saturated carbocycles. The maximum absolute atomic E-state index is 9.29. The van der Waals surface area contributed by atoms with Gasteiger partial charge >= 0.3 is 0 Å². The van der Waals surface area contributed by atoms with E-state index in [9.17, 15) is 5.11 Å². The van der Waals surface area contributed by atoms with Crippen LogP contribution in [0.1, 0.15) is 18.6 Å². The maximum Gasteiger partial charge on any atom is 0.0762 e. The lowest BCUT2D eigenvalue weighted by Gasteiger charge is -2.02. The van der Waals surface area contributed by atoms with Crippen molar-refractivity contribution in [1.82, 2.24) is 10.2 Å². The molecule has 62 valence electrons. The molecule has 0 spiro atoms. The Kier molecular flexibility index (Phi) is 1.59. The first-order valence-electron chi connectivity index (χ1n) is 3.88. The number of aromatic amines is 1. The van der Waals surface area contributed by atoms with Crippen LogP contribution in [0, 0.1) is 0 Å². The highest BCUT2D eigenvalue weighted by atomic mass is 16.3. The van der Waals surface area contributed by atoms with Crippen LogP contribution in [0.4, 0.5) is 0 Å². The molecule has 12 heavy (non-hydrogen) atoms. The minimum Gasteiger partial charge on any atom is -0.389 e. The normalized spacial score (nSPS) is 13.5. The monoisotopic (exact) mass is 162 g/mol. The second-order valence-corrected chi connectivity index (χ2v) is 2.89. The van der Waals surface area contributed by atoms with Crippen molar-refractivity contribution in [2.24, 2.45) is 0 Å². The number of rotatable bonds is 1. The maximum atomic E-state index is 9.29. The average Bonchev–Trinajstić information content (AvgIpc) is 2.49. The summed E-state index contributed by atoms with van der Waals surface area (Å²) in [6.07, 6.45) is 1.35. The molecule has 0 unspecified atom stereocenters. The van der Waals surface area contributed by atoms with Gasteiger partial charge in [-0.1, -0.05) is 12.1 Å². The SMILES string of the molecule is C[C@@H](O)c1ccc2cn[nH]c2c1. The second kappa shape index (κ2) is 2.60. The van der Waals surface area contributed by atoms with Crippen molar-refractivity contribution in [2.45, 2.75) is 13.0 Å². The Morgan fingerprint density at radius 2 is 2.33 bits per heavy atom. The first-order valence-corrected chi connectivity index (χ1v) is 3.88. The Labute approximate surface area is 70.0 Å². The molecule has 1 aromatic heterocycles. The van der Waals surface area contributed by atoms with Crippen LogP contribution in [0.15, 0.2) is 24.4 Å². The number of hydrogen-bond donors (Lipinski definition) is 2. The van der Waals surface area contributed by atoms with E-state index in [4.69, 9.17) is 0 Å². The molecule has 1 heterocycles. The molecule has 0 aliphatic carbocycles. The molecular weight excluding hydrogens is 152 g/mol. The van der Waals surface area contributed by atoms with Gasteiger partial charge in [0.1, 0.15) is 0 Å². The third-order valence-electron chi connectivity index (χ3n) is 1.95. The molecule has 0 amide bonds. The lowest BCUT2D eigenvalue weighted by molar-refractivity contribution is 0.199. The van der Waals surface area contributed by atoms with Crippen LogP contribution in [0.2, 0.25) is 0 Å². The van der Waals surface area contributed by atoms with E-state index in [0.717, 1.165) is 16.5 Å². The van der Waals surface area contributed by atoms with E-state index in [1.54, 1.807) is 13.1 Å². The van der Waals surface area contributed by atoms with Crippen molar-refractivity contribution in [3.63, 3.8) is 0 Å². The van der Waals surface area contributed by atoms with Gasteiger partial charge in [-0.25, -0.2) is 0 Å². The number of aromatic nitrogens is 2. The molecule has 0 fully saturated rings. The Hall–Kier alpha value is -1.35. The molecule has 3 nitrogen and oxygen atoms in total. The first kappa shape index (κ1) is 7.31. The third kappa shape index (κ3) is 1.08. The molecular formula is C9H10N2O. The Bertz CT molecular complexity index is 392. The summed E-state index contributed by atoms with van der Waals surface area (Å²) in [4.78, 5) is 0. The molecule has 0 radical (unpaired) electrons. The second-order valence-electron chi connectivity index (χ2n) is 2.89. The van der Waals surface area contributed by atoms with Crippen molar-refractivity contribution in [1.29, 1.82) is 0 Å². The fraction of sp³-hybridized carbons (Fsp3) is 0.222. The van der Waals surface area contributed by atoms with Crippen molar-refractivity contribution >= 4 is 10.9 Å². The van der Waals surface area contributed by atoms with E-state index in [0.29, 0.717) is 0 Å². The summed E-state index contributed by atoms with van der Waals surface area (Å²) in [6.45, 7) is 1.75. The van der Waals surface area contributed by atoms with Gasteiger partial charge in [0.25, 0.3) is 0 Å². The molecule has 0 aliphatic rings. The summed E-state index contributed by atoms with van der Waals surface area (Å²) >= 11 is 0. The predicted molar refractivity (Wildman–Crippen MR) is 46.7 cm³/mol. The summed E-state index contributed by atoms with van der Waals surface area (Å²) in [5.41, 5.74) is 1.88. The molecule has 0 bridgehead atoms. The van der Waals surface area contributed by atoms with Gasteiger partial charge in [-0.15, -0.1) is 0 Å². The smallest absolute Gasteiger partial charge is 0.0762 e. The number of aliphatic hydroxyl groups excluding tert-OH is 1. The number of hydrogen-bond acceptors (Lipinski definition) is 2. The zero-order valence-corrected chi connectivity index (χ0v) is 6.78. The largest absolute Gasteiger partial charge is 0.389 e. The molecule has 1 atom stereocenters. The van der Waals surface area contributed by atoms with Crippen LogP contribution in [0.25, 0.3) is 10.9 Å². The third-order valence-corrected chi connectivity index (χ3v) is 1.95. The number of nitrogens with zero attached hydrogens (tertiary/aromatic N) is 1. The zero-order valence-electron chi connectivity index (χ0n) is 6.78. The first-order chi connectivity index (χ1) is 5.77. The summed E-state index contributed by atoms with van der Waals surface area (Å²) in [7, 11) is 0. The number of benzene rings is 1. The molecule has 0 saturated heterocycles. The Morgan fingerprint density at radius 3 is 3.08 bits per heavy atom. The topological polar surface area (TPSA) is 48.9 Å². The van der Waals surface area contributed by atoms with Gasteiger partial charge in [0.15, 0.2) is 0 Å². The van der Waals surface area contributed by atoms with Gasteiger partial charge in [-0.3, -0.25) is 5.10 Å². The zero-order chi connectivity index (χ0) is 8.55. The highest BCUT2D eigenvalue weighted by molar-refractivity contribution is 5.78. The molecule has 1 aromatic carbocycles. The summed E-state index contributed by atoms with van der Waals surface area (Å²) in [5.74, 6) is 0. The van der Waals surface area contributed by atoms with Crippen molar-refractivity contribution in [3.8, 4) is 0 Å². The highest BCUT2D eigenvalue weighted by Crippen LogP contribution is 2.17. The van der Waals surface area contributed by atoms with Crippen LogP contribution in [-0.2, 0) is 0 Å². The predicted octanol–water partition coefficient (Wildman–Crippen LogP) is 1.62. The molecule has 2 N–H and O–H groups in total. The van der Waals surface area contributed by atoms with E-state index < -0.39 is 6.10 Å². The molecule has 2 rings (SSSR count). The lowest BCUT2D eigenvalue weighted by Crippen LogP contribution is -1.89. The van der Waals surface area contributed by atoms with Crippen molar-refractivity contribution in [3.05, 3.63) is 30.0 Å². The fourth-order valence-corrected chi connectivity index (χ4v) is 1.21. The standard InChI is InChI=1S/C9H10N2O/c1-6(12)7-2-3-8-5-10-11-9(8)4-7/h2-6,12H,1H3,(H,10,11)/t6-/m1/s1. The summed E-state index contributed by atoms with van der Waals surface area (Å²) in [5, 5.41) is 17.1. The molecule has 0 aliphatic heterocycles. The van der Waals surface area contributed by atoms with E-state index >= 15 is 0 Å². The molecule has 3 heteroatoms. The van der Waals surface area contributed by atoms with Gasteiger partial charge in [0.2, 0.25) is 0 Å². The quantitative estimate of drug-likeness (QED) is 0.669. The van der Waals surface area contributed by atoms with Gasteiger partial charge < -0.3 is 5.11 Å². The van der Waals surface area contributed by atoms with Crippen molar-refractivity contribution < 1.29 is 5.11 Å². The van der Waals surface area contributed by atoms with Crippen molar-refractivity contribution in [2.75, 3.05) is 0 Å². The highest BCUT2D eigenvalue weighted by Gasteiger charge is 2.01. The number of nitrogens with one attached hydrogen (secondary N) is 1. The Morgan fingerprint density at radius 1 is 1.50 bits per heavy atom. The van der Waals surface area contributed by atoms with E-state index in [1.807, 2.05) is 18.2 Å². The lowest BCUT2D eigenvalue weighted by atomic mass is 10.1. The summed E-state index contributed by atoms with van der Waals surface area (Å²) < 4.78 is 0. The average molecular weight is 162 g/mol. The minimum atomic E-state index is -0.419. The van der Waals surface area contributed by atoms with Crippen LogP contribution in [0.5, 0.6) is 0 Å². The van der Waals surface area contributed by atoms with Gasteiger partial charge in [0, 0.05) is 5.39 Å². The number of aliphatic hydroxyl groups is 1. The van der Waals surface area contributed by atoms with Crippen LogP contribution >= 0.6 is 0 Å². The van der Waals surface area contributed by atoms with E-state index in [2.05, 4.69) is 10.2 Å². The van der Waals surface area contributed by atoms with E-state index in [-0.39, 0.29) is 0 Å². The summed E-state index contributed by atoms with van der Waals surface area (Å²) in [6, 6.07) is 5.76. The van der Waals surface area contributed by atoms with E-state index in [1.165, 1.54) is 0 Å². The van der Waals surface area contributed by atoms with Gasteiger partial charge in [0.05, 0.1) is 17.8 Å². The van der Waals surface area contributed by atoms with Gasteiger partial charge in [-0.05, 0) is 18.6 Å². The fourth-order valence-electron chi connectivity index (χ4n) is 1.21. The Balaban J connectivity index is 2.60. The minimum absolute atomic E-state index is 0.419. The number of fused-ring (bicyclic) bond motifs is 1. The van der Waals surface area contributed by atoms with Crippen LogP contribution in [-0.4, -0.2) is 15.3 Å². The van der Waals surface area contributed by atoms with Crippen LogP contribution < -0.4 is 0 Å². The molecule has 2 aromatic rings.